The number of H-pyrrole nitrogens is 1. The molecule has 4 nitrogen and oxygen atoms in total. The maximum Gasteiger partial charge on any atom is 0.266 e. The van der Waals surface area contributed by atoms with Gasteiger partial charge in [0.1, 0.15) is 11.6 Å². The number of aromatic nitrogens is 1. The van der Waals surface area contributed by atoms with Crippen LogP contribution in [0.5, 0.6) is 0 Å². The molecule has 0 radical (unpaired) electrons. The maximum absolute atomic E-state index is 12.8. The van der Waals surface area contributed by atoms with E-state index in [4.69, 9.17) is 23.2 Å². The van der Waals surface area contributed by atoms with Crippen molar-refractivity contribution in [1.29, 1.82) is 5.26 Å². The van der Waals surface area contributed by atoms with Crippen molar-refractivity contribution in [3.8, 4) is 17.2 Å². The van der Waals surface area contributed by atoms with Crippen molar-refractivity contribution in [2.75, 3.05) is 13.1 Å². The SMILES string of the molecule is CCN1C/C(=C\c2ccc(Cl)cc2)c2[nH]c(=O)c(C#N)c(-c3ccc(Cl)cc3)c2C1. The van der Waals surface area contributed by atoms with E-state index in [1.165, 1.54) is 0 Å². The largest absolute Gasteiger partial charge is 0.321 e. The first-order valence-electron chi connectivity index (χ1n) is 9.64. The fraction of sp³-hybridized carbons (Fsp3) is 0.167. The number of likely N-dealkylation sites (N-methyl/N-ethyl adjacent to an activating group) is 1. The number of nitrogens with zero attached hydrogens (tertiary/aromatic N) is 2. The Hall–Kier alpha value is -2.84. The van der Waals surface area contributed by atoms with Gasteiger partial charge >= 0.3 is 0 Å². The lowest BCUT2D eigenvalue weighted by atomic mass is 9.89. The average molecular weight is 436 g/mol. The third kappa shape index (κ3) is 3.93. The van der Waals surface area contributed by atoms with Gasteiger partial charge in [-0.25, -0.2) is 0 Å². The van der Waals surface area contributed by atoms with E-state index < -0.39 is 0 Å². The van der Waals surface area contributed by atoms with Crippen LogP contribution in [0.25, 0.3) is 22.8 Å². The molecule has 6 heteroatoms. The van der Waals surface area contributed by atoms with Crippen molar-refractivity contribution >= 4 is 34.9 Å². The number of hydrogen-bond donors (Lipinski definition) is 1. The van der Waals surface area contributed by atoms with Gasteiger partial charge in [0.15, 0.2) is 0 Å². The molecule has 2 aromatic carbocycles. The minimum absolute atomic E-state index is 0.125. The number of aromatic amines is 1. The number of halogens is 2. The van der Waals surface area contributed by atoms with Gasteiger partial charge in [-0.3, -0.25) is 9.69 Å². The molecule has 0 aliphatic carbocycles. The molecule has 1 aromatic heterocycles. The summed E-state index contributed by atoms with van der Waals surface area (Å²) >= 11 is 12.1. The highest BCUT2D eigenvalue weighted by Gasteiger charge is 2.27. The first-order chi connectivity index (χ1) is 14.5. The summed E-state index contributed by atoms with van der Waals surface area (Å²) in [6.07, 6.45) is 2.06. The summed E-state index contributed by atoms with van der Waals surface area (Å²) in [5, 5.41) is 11.0. The van der Waals surface area contributed by atoms with Crippen LogP contribution in [0.4, 0.5) is 0 Å². The van der Waals surface area contributed by atoms with Crippen LogP contribution in [0, 0.1) is 11.3 Å². The molecule has 0 unspecified atom stereocenters. The second kappa shape index (κ2) is 8.49. The lowest BCUT2D eigenvalue weighted by molar-refractivity contribution is 0.307. The molecule has 0 atom stereocenters. The van der Waals surface area contributed by atoms with E-state index in [1.807, 2.05) is 36.4 Å². The van der Waals surface area contributed by atoms with Gasteiger partial charge in [0.25, 0.3) is 5.56 Å². The van der Waals surface area contributed by atoms with Crippen LogP contribution in [0.2, 0.25) is 10.0 Å². The first-order valence-corrected chi connectivity index (χ1v) is 10.4. The Morgan fingerprint density at radius 3 is 2.30 bits per heavy atom. The molecular weight excluding hydrogens is 417 g/mol. The van der Waals surface area contributed by atoms with Gasteiger partial charge in [0, 0.05) is 28.7 Å². The molecule has 3 aromatic rings. The molecule has 1 aliphatic rings. The Morgan fingerprint density at radius 1 is 1.07 bits per heavy atom. The molecular formula is C24H19Cl2N3O. The van der Waals surface area contributed by atoms with E-state index in [2.05, 4.69) is 29.0 Å². The van der Waals surface area contributed by atoms with Crippen molar-refractivity contribution in [2.24, 2.45) is 0 Å². The zero-order valence-electron chi connectivity index (χ0n) is 16.4. The molecule has 0 spiro atoms. The van der Waals surface area contributed by atoms with Crippen LogP contribution in [-0.4, -0.2) is 23.0 Å². The summed E-state index contributed by atoms with van der Waals surface area (Å²) in [7, 11) is 0. The van der Waals surface area contributed by atoms with Gasteiger partial charge in [-0.05, 0) is 59.1 Å². The van der Waals surface area contributed by atoms with Gasteiger partial charge in [-0.2, -0.15) is 5.26 Å². The fourth-order valence-corrected chi connectivity index (χ4v) is 4.07. The molecule has 0 saturated heterocycles. The Kier molecular flexibility index (Phi) is 5.78. The molecule has 4 rings (SSSR count). The zero-order chi connectivity index (χ0) is 21.3. The Bertz CT molecular complexity index is 1220. The molecule has 0 fully saturated rings. The number of rotatable bonds is 3. The highest BCUT2D eigenvalue weighted by Crippen LogP contribution is 2.35. The van der Waals surface area contributed by atoms with Gasteiger partial charge in [0.05, 0.1) is 5.69 Å². The van der Waals surface area contributed by atoms with Gasteiger partial charge in [0.2, 0.25) is 0 Å². The van der Waals surface area contributed by atoms with Crippen LogP contribution in [-0.2, 0) is 6.54 Å². The standard InChI is InChI=1S/C24H19Cl2N3O/c1-2-29-13-17(11-15-3-7-18(25)8-4-15)23-21(14-29)22(20(12-27)24(30)28-23)16-5-9-19(26)10-6-16/h3-11H,2,13-14H2,1H3,(H,28,30)/b17-11+. The number of pyridine rings is 1. The summed E-state index contributed by atoms with van der Waals surface area (Å²) in [5.74, 6) is 0. The van der Waals surface area contributed by atoms with Gasteiger partial charge in [-0.1, -0.05) is 54.4 Å². The van der Waals surface area contributed by atoms with Gasteiger partial charge < -0.3 is 4.98 Å². The minimum atomic E-state index is -0.381. The average Bonchev–Trinajstić information content (AvgIpc) is 2.75. The number of fused-ring (bicyclic) bond motifs is 1. The summed E-state index contributed by atoms with van der Waals surface area (Å²) < 4.78 is 0. The number of benzene rings is 2. The van der Waals surface area contributed by atoms with Gasteiger partial charge in [-0.15, -0.1) is 0 Å². The molecule has 150 valence electrons. The van der Waals surface area contributed by atoms with E-state index in [0.717, 1.165) is 34.5 Å². The van der Waals surface area contributed by atoms with Crippen molar-refractivity contribution in [2.45, 2.75) is 13.5 Å². The lowest BCUT2D eigenvalue weighted by Crippen LogP contribution is -2.33. The normalized spacial score (nSPS) is 15.1. The number of nitrogens with one attached hydrogen (secondary N) is 1. The van der Waals surface area contributed by atoms with Crippen LogP contribution in [0.15, 0.2) is 53.3 Å². The maximum atomic E-state index is 12.8. The Balaban J connectivity index is 1.97. The number of nitriles is 1. The summed E-state index contributed by atoms with van der Waals surface area (Å²) in [6, 6.07) is 16.9. The van der Waals surface area contributed by atoms with Crippen LogP contribution in [0.1, 0.15) is 29.3 Å². The zero-order valence-corrected chi connectivity index (χ0v) is 17.9. The molecule has 2 heterocycles. The summed E-state index contributed by atoms with van der Waals surface area (Å²) in [4.78, 5) is 18.1. The second-order valence-corrected chi connectivity index (χ2v) is 8.07. The lowest BCUT2D eigenvalue weighted by Gasteiger charge is -2.31. The van der Waals surface area contributed by atoms with Crippen LogP contribution >= 0.6 is 23.2 Å². The number of hydrogen-bond acceptors (Lipinski definition) is 3. The second-order valence-electron chi connectivity index (χ2n) is 7.20. The van der Waals surface area contributed by atoms with Crippen molar-refractivity contribution < 1.29 is 0 Å². The topological polar surface area (TPSA) is 59.9 Å². The van der Waals surface area contributed by atoms with E-state index in [-0.39, 0.29) is 11.1 Å². The highest BCUT2D eigenvalue weighted by atomic mass is 35.5. The molecule has 30 heavy (non-hydrogen) atoms. The highest BCUT2D eigenvalue weighted by molar-refractivity contribution is 6.30. The van der Waals surface area contributed by atoms with Crippen molar-refractivity contribution in [1.82, 2.24) is 9.88 Å². The smallest absolute Gasteiger partial charge is 0.266 e. The minimum Gasteiger partial charge on any atom is -0.321 e. The fourth-order valence-electron chi connectivity index (χ4n) is 3.82. The third-order valence-corrected chi connectivity index (χ3v) is 5.82. The Morgan fingerprint density at radius 2 is 1.70 bits per heavy atom. The summed E-state index contributed by atoms with van der Waals surface area (Å²) in [6.45, 7) is 4.30. The predicted molar refractivity (Wildman–Crippen MR) is 122 cm³/mol. The first kappa shape index (κ1) is 20.4. The predicted octanol–water partition coefficient (Wildman–Crippen LogP) is 5.60. The third-order valence-electron chi connectivity index (χ3n) is 5.32. The van der Waals surface area contributed by atoms with E-state index in [9.17, 15) is 10.1 Å². The molecule has 0 amide bonds. The van der Waals surface area contributed by atoms with E-state index in [1.54, 1.807) is 12.1 Å². The van der Waals surface area contributed by atoms with Crippen LogP contribution in [0.3, 0.4) is 0 Å². The molecule has 1 N–H and O–H groups in total. The van der Waals surface area contributed by atoms with Crippen molar-refractivity contribution in [3.63, 3.8) is 0 Å². The molecule has 1 aliphatic heterocycles. The van der Waals surface area contributed by atoms with E-state index >= 15 is 0 Å². The monoisotopic (exact) mass is 435 g/mol. The quantitative estimate of drug-likeness (QED) is 0.582. The van der Waals surface area contributed by atoms with Crippen molar-refractivity contribution in [3.05, 3.63) is 91.3 Å². The van der Waals surface area contributed by atoms with Crippen LogP contribution < -0.4 is 5.56 Å². The molecule has 0 bridgehead atoms. The molecule has 0 saturated carbocycles. The van der Waals surface area contributed by atoms with E-state index in [0.29, 0.717) is 28.7 Å². The summed E-state index contributed by atoms with van der Waals surface area (Å²) in [5.41, 5.74) is 4.95. The Labute approximate surface area is 185 Å².